The van der Waals surface area contributed by atoms with E-state index in [1.165, 1.54) is 12.1 Å². The van der Waals surface area contributed by atoms with Gasteiger partial charge in [-0.3, -0.25) is 4.90 Å². The zero-order valence-corrected chi connectivity index (χ0v) is 20.0. The topological polar surface area (TPSA) is 71.3 Å². The highest BCUT2D eigenvalue weighted by atomic mass is 19.1. The number of nitrogens with zero attached hydrogens (tertiary/aromatic N) is 3. The third kappa shape index (κ3) is 4.21. The van der Waals surface area contributed by atoms with Gasteiger partial charge in [0.2, 0.25) is 5.82 Å². The van der Waals surface area contributed by atoms with Crippen molar-refractivity contribution in [3.05, 3.63) is 106 Å². The summed E-state index contributed by atoms with van der Waals surface area (Å²) in [6.07, 6.45) is 0. The SMILES string of the molecule is CC1=C(c2nc(-c3ccc(C)cc3)no2)C(c2cccc(F)c2)NC(=O)N1c1ccc(C)c(C)c1. The van der Waals surface area contributed by atoms with Crippen LogP contribution in [-0.4, -0.2) is 16.2 Å². The van der Waals surface area contributed by atoms with Crippen LogP contribution in [0, 0.1) is 26.6 Å². The lowest BCUT2D eigenvalue weighted by molar-refractivity contribution is 0.244. The molecule has 1 aliphatic heterocycles. The first-order valence-corrected chi connectivity index (χ1v) is 11.4. The van der Waals surface area contributed by atoms with Crippen LogP contribution in [0.15, 0.2) is 77.0 Å². The fourth-order valence-electron chi connectivity index (χ4n) is 4.28. The second-order valence-electron chi connectivity index (χ2n) is 8.83. The molecule has 2 heterocycles. The van der Waals surface area contributed by atoms with Gasteiger partial charge in [-0.1, -0.05) is 53.2 Å². The van der Waals surface area contributed by atoms with Gasteiger partial charge in [0.05, 0.1) is 17.3 Å². The number of anilines is 1. The van der Waals surface area contributed by atoms with E-state index in [1.807, 2.05) is 70.2 Å². The van der Waals surface area contributed by atoms with Crippen LogP contribution in [0.5, 0.6) is 0 Å². The molecule has 0 spiro atoms. The standard InChI is InChI=1S/C28H25FN4O2/c1-16-8-11-20(12-9-16)26-31-27(35-32-26)24-19(4)33(23-13-10-17(2)18(3)14-23)28(34)30-25(24)21-6-5-7-22(29)15-21/h5-15,25H,1-4H3,(H,30,34). The number of aromatic nitrogens is 2. The van der Waals surface area contributed by atoms with Gasteiger partial charge in [0.25, 0.3) is 5.89 Å². The predicted octanol–water partition coefficient (Wildman–Crippen LogP) is 6.50. The van der Waals surface area contributed by atoms with E-state index in [9.17, 15) is 9.18 Å². The Hall–Kier alpha value is -4.26. The van der Waals surface area contributed by atoms with Crippen LogP contribution in [0.4, 0.5) is 14.9 Å². The Morgan fingerprint density at radius 3 is 2.43 bits per heavy atom. The summed E-state index contributed by atoms with van der Waals surface area (Å²) in [7, 11) is 0. The highest BCUT2D eigenvalue weighted by Gasteiger charge is 2.36. The molecule has 2 amide bonds. The van der Waals surface area contributed by atoms with Gasteiger partial charge in [-0.05, 0) is 68.7 Å². The van der Waals surface area contributed by atoms with Gasteiger partial charge < -0.3 is 9.84 Å². The van der Waals surface area contributed by atoms with Crippen molar-refractivity contribution in [3.63, 3.8) is 0 Å². The van der Waals surface area contributed by atoms with Gasteiger partial charge in [-0.15, -0.1) is 0 Å². The van der Waals surface area contributed by atoms with E-state index in [0.717, 1.165) is 27.9 Å². The van der Waals surface area contributed by atoms with Gasteiger partial charge in [0.1, 0.15) is 5.82 Å². The highest BCUT2D eigenvalue weighted by Crippen LogP contribution is 2.39. The lowest BCUT2D eigenvalue weighted by Crippen LogP contribution is -2.46. The molecule has 7 heteroatoms. The van der Waals surface area contributed by atoms with Crippen LogP contribution in [-0.2, 0) is 0 Å². The summed E-state index contributed by atoms with van der Waals surface area (Å²) < 4.78 is 19.9. The van der Waals surface area contributed by atoms with Crippen molar-refractivity contribution in [1.82, 2.24) is 15.5 Å². The molecule has 176 valence electrons. The molecular formula is C28H25FN4O2. The number of benzene rings is 3. The summed E-state index contributed by atoms with van der Waals surface area (Å²) in [6.45, 7) is 7.87. The van der Waals surface area contributed by atoms with Gasteiger partial charge in [-0.25, -0.2) is 9.18 Å². The second-order valence-corrected chi connectivity index (χ2v) is 8.83. The van der Waals surface area contributed by atoms with E-state index in [0.29, 0.717) is 22.7 Å². The molecule has 0 saturated carbocycles. The third-order valence-electron chi connectivity index (χ3n) is 6.38. The van der Waals surface area contributed by atoms with Crippen molar-refractivity contribution >= 4 is 17.3 Å². The van der Waals surface area contributed by atoms with Crippen molar-refractivity contribution in [3.8, 4) is 11.4 Å². The van der Waals surface area contributed by atoms with E-state index < -0.39 is 11.9 Å². The zero-order valence-electron chi connectivity index (χ0n) is 20.0. The molecule has 3 aromatic carbocycles. The molecule has 0 radical (unpaired) electrons. The normalized spacial score (nSPS) is 16.0. The number of allylic oxidation sites excluding steroid dienone is 1. The fourth-order valence-corrected chi connectivity index (χ4v) is 4.28. The minimum atomic E-state index is -0.660. The lowest BCUT2D eigenvalue weighted by Gasteiger charge is -2.35. The van der Waals surface area contributed by atoms with E-state index in [2.05, 4.69) is 15.5 Å². The predicted molar refractivity (Wildman–Crippen MR) is 133 cm³/mol. The van der Waals surface area contributed by atoms with Crippen LogP contribution >= 0.6 is 0 Å². The minimum absolute atomic E-state index is 0.265. The van der Waals surface area contributed by atoms with Crippen LogP contribution in [0.1, 0.15) is 41.1 Å². The smallest absolute Gasteiger partial charge is 0.326 e. The van der Waals surface area contributed by atoms with E-state index in [-0.39, 0.29) is 11.9 Å². The Labute approximate surface area is 203 Å². The maximum atomic E-state index is 14.1. The first-order valence-electron chi connectivity index (χ1n) is 11.4. The zero-order chi connectivity index (χ0) is 24.7. The second kappa shape index (κ2) is 8.83. The number of carbonyl (C=O) groups excluding carboxylic acids is 1. The van der Waals surface area contributed by atoms with Gasteiger partial charge >= 0.3 is 6.03 Å². The van der Waals surface area contributed by atoms with E-state index >= 15 is 0 Å². The summed E-state index contributed by atoms with van der Waals surface area (Å²) in [5.41, 5.74) is 6.68. The van der Waals surface area contributed by atoms with Crippen LogP contribution in [0.3, 0.4) is 0 Å². The molecule has 0 bridgehead atoms. The van der Waals surface area contributed by atoms with Crippen LogP contribution in [0.2, 0.25) is 0 Å². The number of halogens is 1. The molecule has 4 aromatic rings. The number of hydrogen-bond acceptors (Lipinski definition) is 4. The number of nitrogens with one attached hydrogen (secondary N) is 1. The number of rotatable bonds is 4. The van der Waals surface area contributed by atoms with Gasteiger partial charge in [-0.2, -0.15) is 4.98 Å². The number of carbonyl (C=O) groups is 1. The molecule has 1 aromatic heterocycles. The molecule has 1 N–H and O–H groups in total. The van der Waals surface area contributed by atoms with Gasteiger partial charge in [0, 0.05) is 11.3 Å². The monoisotopic (exact) mass is 468 g/mol. The first-order chi connectivity index (χ1) is 16.8. The summed E-state index contributed by atoms with van der Waals surface area (Å²) in [4.78, 5) is 19.6. The Balaban J connectivity index is 1.66. The largest absolute Gasteiger partial charge is 0.334 e. The van der Waals surface area contributed by atoms with Gasteiger partial charge in [0.15, 0.2) is 0 Å². The summed E-state index contributed by atoms with van der Waals surface area (Å²) >= 11 is 0. The molecular weight excluding hydrogens is 443 g/mol. The Kier molecular flexibility index (Phi) is 5.68. The quantitative estimate of drug-likeness (QED) is 0.371. The van der Waals surface area contributed by atoms with Crippen molar-refractivity contribution in [1.29, 1.82) is 0 Å². The molecule has 1 atom stereocenters. The highest BCUT2D eigenvalue weighted by molar-refractivity contribution is 6.01. The molecule has 6 nitrogen and oxygen atoms in total. The average molecular weight is 469 g/mol. The molecule has 0 saturated heterocycles. The fraction of sp³-hybridized carbons (Fsp3) is 0.179. The number of amides is 2. The van der Waals surface area contributed by atoms with Crippen molar-refractivity contribution < 1.29 is 13.7 Å². The van der Waals surface area contributed by atoms with Crippen molar-refractivity contribution in [2.45, 2.75) is 33.7 Å². The molecule has 0 aliphatic carbocycles. The van der Waals surface area contributed by atoms with Crippen LogP contribution < -0.4 is 10.2 Å². The molecule has 1 unspecified atom stereocenters. The third-order valence-corrected chi connectivity index (χ3v) is 6.38. The number of hydrogen-bond donors (Lipinski definition) is 1. The maximum absolute atomic E-state index is 14.1. The Bertz CT molecular complexity index is 1460. The number of urea groups is 1. The molecule has 1 aliphatic rings. The summed E-state index contributed by atoms with van der Waals surface area (Å²) in [5, 5.41) is 7.20. The van der Waals surface area contributed by atoms with Crippen molar-refractivity contribution in [2.75, 3.05) is 4.90 Å². The Morgan fingerprint density at radius 2 is 1.71 bits per heavy atom. The minimum Gasteiger partial charge on any atom is -0.334 e. The van der Waals surface area contributed by atoms with Crippen molar-refractivity contribution in [2.24, 2.45) is 0 Å². The summed E-state index contributed by atoms with van der Waals surface area (Å²) in [5.74, 6) is 0.310. The lowest BCUT2D eigenvalue weighted by atomic mass is 9.94. The van der Waals surface area contributed by atoms with E-state index in [1.54, 1.807) is 17.0 Å². The molecule has 5 rings (SSSR count). The maximum Gasteiger partial charge on any atom is 0.326 e. The first kappa shape index (κ1) is 22.5. The summed E-state index contributed by atoms with van der Waals surface area (Å²) in [6, 6.07) is 18.8. The molecule has 0 fully saturated rings. The average Bonchev–Trinajstić information content (AvgIpc) is 3.31. The molecule has 35 heavy (non-hydrogen) atoms. The number of aryl methyl sites for hydroxylation is 3. The van der Waals surface area contributed by atoms with Crippen LogP contribution in [0.25, 0.3) is 17.0 Å². The van der Waals surface area contributed by atoms with E-state index in [4.69, 9.17) is 4.52 Å². The Morgan fingerprint density at radius 1 is 0.943 bits per heavy atom.